The third-order valence-corrected chi connectivity index (χ3v) is 3.82. The molecule has 0 saturated heterocycles. The molecular formula is C15H20BrNO3. The van der Waals surface area contributed by atoms with E-state index >= 15 is 0 Å². The summed E-state index contributed by atoms with van der Waals surface area (Å²) in [7, 11) is 1.73. The maximum absolute atomic E-state index is 12.2. The highest BCUT2D eigenvalue weighted by Crippen LogP contribution is 2.26. The molecule has 5 heteroatoms. The smallest absolute Gasteiger partial charge is 0.303 e. The summed E-state index contributed by atoms with van der Waals surface area (Å²) in [5.74, 6) is -0.928. The number of amides is 1. The highest BCUT2D eigenvalue weighted by molar-refractivity contribution is 9.10. The first kappa shape index (κ1) is 16.7. The van der Waals surface area contributed by atoms with Crippen molar-refractivity contribution in [2.75, 3.05) is 7.05 Å². The van der Waals surface area contributed by atoms with E-state index in [1.165, 1.54) is 0 Å². The topological polar surface area (TPSA) is 57.6 Å². The molecule has 20 heavy (non-hydrogen) atoms. The zero-order chi connectivity index (χ0) is 15.3. The summed E-state index contributed by atoms with van der Waals surface area (Å²) in [4.78, 5) is 24.6. The molecule has 1 aromatic rings. The molecule has 1 aromatic carbocycles. The number of halogens is 1. The first-order chi connectivity index (χ1) is 9.21. The van der Waals surface area contributed by atoms with Crippen molar-refractivity contribution in [2.24, 2.45) is 5.41 Å². The van der Waals surface area contributed by atoms with Gasteiger partial charge in [0.1, 0.15) is 0 Å². The normalized spacial score (nSPS) is 11.2. The third-order valence-electron chi connectivity index (χ3n) is 3.05. The monoisotopic (exact) mass is 341 g/mol. The third kappa shape index (κ3) is 5.33. The van der Waals surface area contributed by atoms with E-state index in [-0.39, 0.29) is 18.7 Å². The lowest BCUT2D eigenvalue weighted by Crippen LogP contribution is -2.31. The summed E-state index contributed by atoms with van der Waals surface area (Å²) in [5.41, 5.74) is 0.491. The number of carbonyl (C=O) groups excluding carboxylic acids is 1. The second kappa shape index (κ2) is 6.88. The molecule has 1 amide bonds. The Kier molecular flexibility index (Phi) is 5.74. The summed E-state index contributed by atoms with van der Waals surface area (Å²) >= 11 is 3.45. The van der Waals surface area contributed by atoms with Gasteiger partial charge in [-0.1, -0.05) is 48.0 Å². The fraction of sp³-hybridized carbons (Fsp3) is 0.467. The number of nitrogens with zero attached hydrogens (tertiary/aromatic N) is 1. The van der Waals surface area contributed by atoms with Crippen molar-refractivity contribution in [2.45, 2.75) is 33.2 Å². The highest BCUT2D eigenvalue weighted by Gasteiger charge is 2.26. The first-order valence-corrected chi connectivity index (χ1v) is 7.20. The Hall–Kier alpha value is -1.36. The zero-order valence-electron chi connectivity index (χ0n) is 12.0. The van der Waals surface area contributed by atoms with Crippen LogP contribution in [0, 0.1) is 5.41 Å². The Labute approximate surface area is 127 Å². The van der Waals surface area contributed by atoms with Crippen LogP contribution in [-0.4, -0.2) is 28.9 Å². The molecule has 1 rings (SSSR count). The van der Waals surface area contributed by atoms with Crippen molar-refractivity contribution in [1.29, 1.82) is 0 Å². The number of rotatable bonds is 6. The minimum absolute atomic E-state index is 0.0123. The first-order valence-electron chi connectivity index (χ1n) is 6.40. The Morgan fingerprint density at radius 2 is 1.85 bits per heavy atom. The summed E-state index contributed by atoms with van der Waals surface area (Å²) in [6.45, 7) is 4.10. The number of aliphatic carboxylic acids is 1. The largest absolute Gasteiger partial charge is 0.481 e. The maximum atomic E-state index is 12.2. The van der Waals surface area contributed by atoms with Crippen LogP contribution in [0.3, 0.4) is 0 Å². The van der Waals surface area contributed by atoms with Crippen molar-refractivity contribution in [3.05, 3.63) is 34.3 Å². The summed E-state index contributed by atoms with van der Waals surface area (Å²) in [5, 5.41) is 8.84. The fourth-order valence-electron chi connectivity index (χ4n) is 1.99. The molecule has 0 atom stereocenters. The van der Waals surface area contributed by atoms with Crippen molar-refractivity contribution in [1.82, 2.24) is 4.90 Å². The van der Waals surface area contributed by atoms with Crippen LogP contribution in [0.25, 0.3) is 0 Å². The van der Waals surface area contributed by atoms with Gasteiger partial charge in [0.2, 0.25) is 5.91 Å². The lowest BCUT2D eigenvalue weighted by Gasteiger charge is -2.25. The molecule has 0 aromatic heterocycles. The van der Waals surface area contributed by atoms with E-state index in [1.54, 1.807) is 25.8 Å². The number of hydrogen-bond donors (Lipinski definition) is 1. The van der Waals surface area contributed by atoms with Gasteiger partial charge in [0.25, 0.3) is 0 Å². The number of hydrogen-bond acceptors (Lipinski definition) is 2. The average Bonchev–Trinajstić information content (AvgIpc) is 2.29. The van der Waals surface area contributed by atoms with E-state index in [9.17, 15) is 9.59 Å². The van der Waals surface area contributed by atoms with Crippen LogP contribution < -0.4 is 0 Å². The van der Waals surface area contributed by atoms with E-state index in [0.29, 0.717) is 6.54 Å². The standard InChI is InChI=1S/C15H20BrNO3/c1-15(2,9-14(19)20)8-13(18)17(3)10-11-6-4-5-7-12(11)16/h4-7H,8-10H2,1-3H3,(H,19,20). The number of carbonyl (C=O) groups is 2. The minimum atomic E-state index is -0.878. The molecule has 0 bridgehead atoms. The van der Waals surface area contributed by atoms with Crippen LogP contribution >= 0.6 is 15.9 Å². The van der Waals surface area contributed by atoms with Gasteiger partial charge in [0.05, 0.1) is 6.42 Å². The second-order valence-electron chi connectivity index (χ2n) is 5.75. The molecule has 0 fully saturated rings. The number of benzene rings is 1. The molecule has 0 unspecified atom stereocenters. The molecule has 4 nitrogen and oxygen atoms in total. The molecule has 0 heterocycles. The Bertz CT molecular complexity index is 500. The lowest BCUT2D eigenvalue weighted by atomic mass is 9.85. The Morgan fingerprint density at radius 3 is 2.40 bits per heavy atom. The molecule has 0 radical (unpaired) electrons. The van der Waals surface area contributed by atoms with Gasteiger partial charge in [-0.05, 0) is 17.0 Å². The lowest BCUT2D eigenvalue weighted by molar-refractivity contribution is -0.140. The van der Waals surface area contributed by atoms with E-state index in [0.717, 1.165) is 10.0 Å². The zero-order valence-corrected chi connectivity index (χ0v) is 13.6. The van der Waals surface area contributed by atoms with Crippen LogP contribution in [0.5, 0.6) is 0 Å². The molecule has 0 aliphatic rings. The molecular weight excluding hydrogens is 322 g/mol. The van der Waals surface area contributed by atoms with Crippen molar-refractivity contribution < 1.29 is 14.7 Å². The maximum Gasteiger partial charge on any atom is 0.303 e. The van der Waals surface area contributed by atoms with Crippen LogP contribution in [0.1, 0.15) is 32.3 Å². The molecule has 0 spiro atoms. The van der Waals surface area contributed by atoms with Gasteiger partial charge in [-0.25, -0.2) is 0 Å². The molecule has 0 aliphatic carbocycles. The number of carboxylic acids is 1. The highest BCUT2D eigenvalue weighted by atomic mass is 79.9. The quantitative estimate of drug-likeness (QED) is 0.863. The van der Waals surface area contributed by atoms with E-state index in [1.807, 2.05) is 24.3 Å². The summed E-state index contributed by atoms with van der Waals surface area (Å²) < 4.78 is 0.962. The van der Waals surface area contributed by atoms with Crippen molar-refractivity contribution >= 4 is 27.8 Å². The van der Waals surface area contributed by atoms with Crippen LogP contribution in [-0.2, 0) is 16.1 Å². The van der Waals surface area contributed by atoms with Crippen LogP contribution in [0.15, 0.2) is 28.7 Å². The average molecular weight is 342 g/mol. The van der Waals surface area contributed by atoms with Gasteiger partial charge in [-0.15, -0.1) is 0 Å². The molecule has 110 valence electrons. The molecule has 0 aliphatic heterocycles. The van der Waals surface area contributed by atoms with Gasteiger partial charge >= 0.3 is 5.97 Å². The SMILES string of the molecule is CN(Cc1ccccc1Br)C(=O)CC(C)(C)CC(=O)O. The number of carboxylic acid groups (broad SMARTS) is 1. The predicted molar refractivity (Wildman–Crippen MR) is 81.3 cm³/mol. The van der Waals surface area contributed by atoms with Crippen molar-refractivity contribution in [3.63, 3.8) is 0 Å². The van der Waals surface area contributed by atoms with E-state index in [2.05, 4.69) is 15.9 Å². The van der Waals surface area contributed by atoms with Gasteiger partial charge in [-0.3, -0.25) is 9.59 Å². The fourth-order valence-corrected chi connectivity index (χ4v) is 2.40. The van der Waals surface area contributed by atoms with Crippen LogP contribution in [0.2, 0.25) is 0 Å². The molecule has 0 saturated carbocycles. The van der Waals surface area contributed by atoms with Gasteiger partial charge < -0.3 is 10.0 Å². The Morgan fingerprint density at radius 1 is 1.25 bits per heavy atom. The van der Waals surface area contributed by atoms with Crippen LogP contribution in [0.4, 0.5) is 0 Å². The van der Waals surface area contributed by atoms with E-state index < -0.39 is 11.4 Å². The Balaban J connectivity index is 2.64. The van der Waals surface area contributed by atoms with Gasteiger partial charge in [-0.2, -0.15) is 0 Å². The van der Waals surface area contributed by atoms with Gasteiger partial charge in [0, 0.05) is 24.5 Å². The summed E-state index contributed by atoms with van der Waals surface area (Å²) in [6, 6.07) is 7.73. The van der Waals surface area contributed by atoms with Crippen molar-refractivity contribution in [3.8, 4) is 0 Å². The van der Waals surface area contributed by atoms with Gasteiger partial charge in [0.15, 0.2) is 0 Å². The second-order valence-corrected chi connectivity index (χ2v) is 6.61. The van der Waals surface area contributed by atoms with E-state index in [4.69, 9.17) is 5.11 Å². The predicted octanol–water partition coefficient (Wildman–Crippen LogP) is 3.30. The summed E-state index contributed by atoms with van der Waals surface area (Å²) in [6.07, 6.45) is 0.210. The molecule has 1 N–H and O–H groups in total. The minimum Gasteiger partial charge on any atom is -0.481 e.